The second-order valence-corrected chi connectivity index (χ2v) is 6.73. The Hall–Kier alpha value is -1.68. The van der Waals surface area contributed by atoms with E-state index in [0.29, 0.717) is 36.9 Å². The molecule has 0 aliphatic carbocycles. The molecule has 154 valence electrons. The van der Waals surface area contributed by atoms with Crippen LogP contribution in [0.2, 0.25) is 0 Å². The van der Waals surface area contributed by atoms with Gasteiger partial charge in [-0.3, -0.25) is 0 Å². The third kappa shape index (κ3) is 7.05. The average Bonchev–Trinajstić information content (AvgIpc) is 2.66. The number of phenolic OH excluding ortho intramolecular Hbond substituents is 1. The van der Waals surface area contributed by atoms with Gasteiger partial charge < -0.3 is 20.5 Å². The summed E-state index contributed by atoms with van der Waals surface area (Å²) in [6.45, 7) is 3.53. The SMILES string of the molecule is CCNC(=NCc1cccc(OC)c1O)NCc1ccc(F)cc1CSC.I. The number of methoxy groups -OCH3 is 1. The first-order valence-electron chi connectivity index (χ1n) is 8.72. The summed E-state index contributed by atoms with van der Waals surface area (Å²) in [5.74, 6) is 1.67. The molecule has 0 bridgehead atoms. The maximum atomic E-state index is 13.5. The summed E-state index contributed by atoms with van der Waals surface area (Å²) in [4.78, 5) is 4.53. The van der Waals surface area contributed by atoms with Crippen molar-refractivity contribution in [1.29, 1.82) is 0 Å². The zero-order valence-corrected chi connectivity index (χ0v) is 19.4. The van der Waals surface area contributed by atoms with Gasteiger partial charge in [0.1, 0.15) is 5.82 Å². The van der Waals surface area contributed by atoms with E-state index in [1.807, 2.05) is 25.3 Å². The number of hydrogen-bond acceptors (Lipinski definition) is 4. The molecule has 2 rings (SSSR count). The van der Waals surface area contributed by atoms with Crippen LogP contribution in [0.1, 0.15) is 23.6 Å². The van der Waals surface area contributed by atoms with Crippen molar-refractivity contribution >= 4 is 41.7 Å². The first-order valence-corrected chi connectivity index (χ1v) is 10.1. The molecule has 0 radical (unpaired) electrons. The van der Waals surface area contributed by atoms with Gasteiger partial charge in [-0.25, -0.2) is 9.38 Å². The van der Waals surface area contributed by atoms with Crippen molar-refractivity contribution in [2.24, 2.45) is 4.99 Å². The molecule has 0 aliphatic heterocycles. The normalized spacial score (nSPS) is 10.9. The van der Waals surface area contributed by atoms with Crippen LogP contribution in [0.4, 0.5) is 4.39 Å². The van der Waals surface area contributed by atoms with E-state index < -0.39 is 0 Å². The molecule has 0 spiro atoms. The molecule has 0 aliphatic rings. The van der Waals surface area contributed by atoms with Gasteiger partial charge in [0.2, 0.25) is 0 Å². The summed E-state index contributed by atoms with van der Waals surface area (Å²) < 4.78 is 18.6. The van der Waals surface area contributed by atoms with Crippen LogP contribution in [-0.2, 0) is 18.8 Å². The van der Waals surface area contributed by atoms with E-state index in [9.17, 15) is 9.50 Å². The number of aliphatic imine (C=N–C) groups is 1. The highest BCUT2D eigenvalue weighted by Crippen LogP contribution is 2.29. The highest BCUT2D eigenvalue weighted by atomic mass is 127. The molecule has 0 fully saturated rings. The van der Waals surface area contributed by atoms with Gasteiger partial charge in [0.25, 0.3) is 0 Å². The summed E-state index contributed by atoms with van der Waals surface area (Å²) in [5, 5.41) is 16.6. The lowest BCUT2D eigenvalue weighted by molar-refractivity contribution is 0.370. The maximum Gasteiger partial charge on any atom is 0.191 e. The third-order valence-corrected chi connectivity index (χ3v) is 4.57. The van der Waals surface area contributed by atoms with Gasteiger partial charge in [-0.1, -0.05) is 18.2 Å². The minimum Gasteiger partial charge on any atom is -0.504 e. The van der Waals surface area contributed by atoms with Gasteiger partial charge in [0.15, 0.2) is 17.5 Å². The largest absolute Gasteiger partial charge is 0.504 e. The van der Waals surface area contributed by atoms with Crippen LogP contribution < -0.4 is 15.4 Å². The Morgan fingerprint density at radius 1 is 1.18 bits per heavy atom. The van der Waals surface area contributed by atoms with Gasteiger partial charge in [-0.15, -0.1) is 24.0 Å². The van der Waals surface area contributed by atoms with Crippen molar-refractivity contribution in [3.05, 3.63) is 58.9 Å². The molecule has 0 atom stereocenters. The predicted molar refractivity (Wildman–Crippen MR) is 125 cm³/mol. The Morgan fingerprint density at radius 3 is 2.64 bits per heavy atom. The monoisotopic (exact) mass is 519 g/mol. The smallest absolute Gasteiger partial charge is 0.191 e. The molecular formula is C20H27FIN3O2S. The Bertz CT molecular complexity index is 790. The van der Waals surface area contributed by atoms with Crippen molar-refractivity contribution < 1.29 is 14.2 Å². The number of rotatable bonds is 8. The summed E-state index contributed by atoms with van der Waals surface area (Å²) in [6, 6.07) is 10.2. The first-order chi connectivity index (χ1) is 13.1. The summed E-state index contributed by atoms with van der Waals surface area (Å²) in [5.41, 5.74) is 2.67. The number of benzene rings is 2. The number of halogens is 2. The van der Waals surface area contributed by atoms with Crippen LogP contribution in [0.5, 0.6) is 11.5 Å². The number of ether oxygens (including phenoxy) is 1. The molecule has 0 heterocycles. The number of hydrogen-bond donors (Lipinski definition) is 3. The standard InChI is InChI=1S/C20H26FN3O2S.HI/c1-4-22-20(24-12-15-6-5-7-18(26-2)19(15)25)23-11-14-8-9-17(21)10-16(14)13-27-3;/h5-10,25H,4,11-13H2,1-3H3,(H2,22,23,24);1H. The van der Waals surface area contributed by atoms with Gasteiger partial charge in [-0.05, 0) is 42.5 Å². The molecule has 3 N–H and O–H groups in total. The third-order valence-electron chi connectivity index (χ3n) is 3.97. The van der Waals surface area contributed by atoms with Crippen LogP contribution in [0.25, 0.3) is 0 Å². The molecule has 0 amide bonds. The number of thioether (sulfide) groups is 1. The van der Waals surface area contributed by atoms with Crippen molar-refractivity contribution in [3.63, 3.8) is 0 Å². The molecule has 0 saturated heterocycles. The fourth-order valence-corrected chi connectivity index (χ4v) is 3.18. The van der Waals surface area contributed by atoms with E-state index in [-0.39, 0.29) is 35.5 Å². The Balaban J connectivity index is 0.00000392. The lowest BCUT2D eigenvalue weighted by Gasteiger charge is -2.14. The number of nitrogens with one attached hydrogen (secondary N) is 2. The van der Waals surface area contributed by atoms with Crippen molar-refractivity contribution in [2.75, 3.05) is 19.9 Å². The highest BCUT2D eigenvalue weighted by Gasteiger charge is 2.08. The number of para-hydroxylation sites is 1. The minimum atomic E-state index is -0.225. The van der Waals surface area contributed by atoms with Crippen LogP contribution in [0.15, 0.2) is 41.4 Å². The topological polar surface area (TPSA) is 65.9 Å². The van der Waals surface area contributed by atoms with Gasteiger partial charge in [0.05, 0.1) is 13.7 Å². The van der Waals surface area contributed by atoms with Crippen molar-refractivity contribution in [3.8, 4) is 11.5 Å². The van der Waals surface area contributed by atoms with E-state index in [4.69, 9.17) is 4.74 Å². The Labute approximate surface area is 187 Å². The van der Waals surface area contributed by atoms with Crippen molar-refractivity contribution in [1.82, 2.24) is 10.6 Å². The summed E-state index contributed by atoms with van der Waals surface area (Å²) >= 11 is 1.65. The van der Waals surface area contributed by atoms with Crippen molar-refractivity contribution in [2.45, 2.75) is 25.8 Å². The van der Waals surface area contributed by atoms with E-state index in [0.717, 1.165) is 16.9 Å². The molecule has 8 heteroatoms. The van der Waals surface area contributed by atoms with Crippen LogP contribution >= 0.6 is 35.7 Å². The predicted octanol–water partition coefficient (Wildman–Crippen LogP) is 4.28. The molecule has 2 aromatic rings. The first kappa shape index (κ1) is 24.4. The molecular weight excluding hydrogens is 492 g/mol. The van der Waals surface area contributed by atoms with E-state index >= 15 is 0 Å². The molecule has 28 heavy (non-hydrogen) atoms. The summed E-state index contributed by atoms with van der Waals surface area (Å²) in [6.07, 6.45) is 1.99. The Morgan fingerprint density at radius 2 is 1.96 bits per heavy atom. The van der Waals surface area contributed by atoms with E-state index in [2.05, 4.69) is 15.6 Å². The fraction of sp³-hybridized carbons (Fsp3) is 0.350. The number of nitrogens with zero attached hydrogens (tertiary/aromatic N) is 1. The molecule has 0 aromatic heterocycles. The van der Waals surface area contributed by atoms with Gasteiger partial charge in [-0.2, -0.15) is 11.8 Å². The van der Waals surface area contributed by atoms with Gasteiger partial charge >= 0.3 is 0 Å². The maximum absolute atomic E-state index is 13.5. The Kier molecular flexibility index (Phi) is 11.1. The number of phenols is 1. The molecule has 0 unspecified atom stereocenters. The summed E-state index contributed by atoms with van der Waals surface area (Å²) in [7, 11) is 1.52. The quantitative estimate of drug-likeness (QED) is 0.276. The molecule has 2 aromatic carbocycles. The van der Waals surface area contributed by atoms with Gasteiger partial charge in [0, 0.05) is 24.4 Å². The fourth-order valence-electron chi connectivity index (χ4n) is 2.60. The zero-order chi connectivity index (χ0) is 19.6. The van der Waals surface area contributed by atoms with E-state index in [1.165, 1.54) is 13.2 Å². The second kappa shape index (κ2) is 12.7. The van der Waals surface area contributed by atoms with Crippen LogP contribution in [0.3, 0.4) is 0 Å². The molecule has 0 saturated carbocycles. The van der Waals surface area contributed by atoms with Crippen LogP contribution in [0, 0.1) is 5.82 Å². The highest BCUT2D eigenvalue weighted by molar-refractivity contribution is 14.0. The number of aromatic hydroxyl groups is 1. The van der Waals surface area contributed by atoms with E-state index in [1.54, 1.807) is 30.0 Å². The van der Waals surface area contributed by atoms with Crippen LogP contribution in [-0.4, -0.2) is 31.0 Å². The average molecular weight is 519 g/mol. The lowest BCUT2D eigenvalue weighted by Crippen LogP contribution is -2.37. The zero-order valence-electron chi connectivity index (χ0n) is 16.3. The lowest BCUT2D eigenvalue weighted by atomic mass is 10.1. The minimum absolute atomic E-state index is 0. The molecule has 5 nitrogen and oxygen atoms in total. The second-order valence-electron chi connectivity index (χ2n) is 5.86. The number of guanidine groups is 1.